The molecular weight excluding hydrogens is 302 g/mol. The lowest BCUT2D eigenvalue weighted by Gasteiger charge is -2.33. The lowest BCUT2D eigenvalue weighted by atomic mass is 10.1. The summed E-state index contributed by atoms with van der Waals surface area (Å²) in [5.41, 5.74) is 1.03. The van der Waals surface area contributed by atoms with Gasteiger partial charge in [0.25, 0.3) is 0 Å². The molecule has 1 aromatic rings. The molecule has 1 aliphatic rings. The van der Waals surface area contributed by atoms with Crippen molar-refractivity contribution in [1.82, 2.24) is 10.2 Å². The Morgan fingerprint density at radius 1 is 1.20 bits per heavy atom. The summed E-state index contributed by atoms with van der Waals surface area (Å²) in [5, 5.41) is 3.29. The van der Waals surface area contributed by atoms with Crippen molar-refractivity contribution in [3.8, 4) is 5.75 Å². The van der Waals surface area contributed by atoms with Crippen LogP contribution in [0.5, 0.6) is 5.75 Å². The maximum Gasteiger partial charge on any atom is 0.119 e. The second-order valence-electron chi connectivity index (χ2n) is 4.46. The molecule has 0 saturated carbocycles. The van der Waals surface area contributed by atoms with Crippen molar-refractivity contribution in [2.45, 2.75) is 13.0 Å². The Kier molecular flexibility index (Phi) is 9.94. The first-order valence-corrected chi connectivity index (χ1v) is 6.58. The molecule has 1 heterocycles. The summed E-state index contributed by atoms with van der Waals surface area (Å²) < 4.78 is 18.7. The second-order valence-corrected chi connectivity index (χ2v) is 4.46. The zero-order valence-corrected chi connectivity index (χ0v) is 13.3. The highest BCUT2D eigenvalue weighted by molar-refractivity contribution is 5.85. The van der Waals surface area contributed by atoms with E-state index >= 15 is 0 Å². The van der Waals surface area contributed by atoms with Gasteiger partial charge in [0.15, 0.2) is 0 Å². The van der Waals surface area contributed by atoms with Crippen LogP contribution in [0, 0.1) is 0 Å². The Hall–Kier alpha value is -0.550. The minimum Gasteiger partial charge on any atom is -0.494 e. The maximum absolute atomic E-state index is 13.3. The first-order chi connectivity index (χ1) is 8.85. The van der Waals surface area contributed by atoms with Crippen LogP contribution >= 0.6 is 24.8 Å². The van der Waals surface area contributed by atoms with Crippen LogP contribution in [0.25, 0.3) is 0 Å². The molecule has 1 atom stereocenters. The summed E-state index contributed by atoms with van der Waals surface area (Å²) in [6.45, 7) is 5.96. The van der Waals surface area contributed by atoms with E-state index in [0.29, 0.717) is 6.61 Å². The fraction of sp³-hybridized carbons (Fsp3) is 0.571. The van der Waals surface area contributed by atoms with Gasteiger partial charge < -0.3 is 10.1 Å². The van der Waals surface area contributed by atoms with Gasteiger partial charge in [-0.25, -0.2) is 4.39 Å². The van der Waals surface area contributed by atoms with Gasteiger partial charge in [-0.1, -0.05) is 12.1 Å². The van der Waals surface area contributed by atoms with Gasteiger partial charge in [-0.15, -0.1) is 24.8 Å². The third-order valence-corrected chi connectivity index (χ3v) is 3.31. The van der Waals surface area contributed by atoms with Crippen molar-refractivity contribution in [1.29, 1.82) is 0 Å². The fourth-order valence-electron chi connectivity index (χ4n) is 2.34. The molecule has 0 spiro atoms. The van der Waals surface area contributed by atoms with E-state index in [9.17, 15) is 4.39 Å². The second kappa shape index (κ2) is 10.2. The van der Waals surface area contributed by atoms with E-state index in [4.69, 9.17) is 4.74 Å². The van der Waals surface area contributed by atoms with Crippen LogP contribution in [0.4, 0.5) is 4.39 Å². The van der Waals surface area contributed by atoms with E-state index in [-0.39, 0.29) is 37.5 Å². The topological polar surface area (TPSA) is 24.5 Å². The number of nitrogens with one attached hydrogen (secondary N) is 1. The smallest absolute Gasteiger partial charge is 0.119 e. The summed E-state index contributed by atoms with van der Waals surface area (Å²) in [6.07, 6.45) is 0. The maximum atomic E-state index is 13.3. The first kappa shape index (κ1) is 19.4. The van der Waals surface area contributed by atoms with Gasteiger partial charge in [-0.3, -0.25) is 4.90 Å². The molecule has 20 heavy (non-hydrogen) atoms. The average Bonchev–Trinajstić information content (AvgIpc) is 2.43. The Balaban J connectivity index is 0.00000180. The van der Waals surface area contributed by atoms with Gasteiger partial charge in [-0.05, 0) is 24.6 Å². The van der Waals surface area contributed by atoms with Gasteiger partial charge >= 0.3 is 0 Å². The molecule has 2 rings (SSSR count). The standard InChI is InChI=1S/C14H21FN2O.2ClH/c1-2-18-13-5-3-12(4-6-13)14(11-15)17-9-7-16-8-10-17;;/h3-6,14,16H,2,7-11H2,1H3;2*1H/t14-;;/m1../s1. The molecule has 1 N–H and O–H groups in total. The minimum absolute atomic E-state index is 0. The average molecular weight is 325 g/mol. The van der Waals surface area contributed by atoms with Gasteiger partial charge in [0, 0.05) is 26.2 Å². The molecule has 0 aliphatic carbocycles. The summed E-state index contributed by atoms with van der Waals surface area (Å²) >= 11 is 0. The molecule has 0 amide bonds. The molecule has 0 aromatic heterocycles. The zero-order chi connectivity index (χ0) is 12.8. The summed E-state index contributed by atoms with van der Waals surface area (Å²) in [4.78, 5) is 2.20. The molecule has 0 unspecified atom stereocenters. The molecule has 3 nitrogen and oxygen atoms in total. The van der Waals surface area contributed by atoms with Crippen LogP contribution < -0.4 is 10.1 Å². The molecule has 116 valence electrons. The predicted octanol–water partition coefficient (Wildman–Crippen LogP) is 2.84. The molecule has 1 saturated heterocycles. The Labute approximate surface area is 132 Å². The van der Waals surface area contributed by atoms with Crippen molar-refractivity contribution in [3.05, 3.63) is 29.8 Å². The van der Waals surface area contributed by atoms with E-state index in [0.717, 1.165) is 37.5 Å². The third kappa shape index (κ3) is 5.09. The Morgan fingerprint density at radius 2 is 1.80 bits per heavy atom. The van der Waals surface area contributed by atoms with Crippen molar-refractivity contribution in [3.63, 3.8) is 0 Å². The third-order valence-electron chi connectivity index (χ3n) is 3.31. The molecule has 1 aliphatic heterocycles. The van der Waals surface area contributed by atoms with E-state index in [1.165, 1.54) is 0 Å². The van der Waals surface area contributed by atoms with Crippen molar-refractivity contribution in [2.24, 2.45) is 0 Å². The van der Waals surface area contributed by atoms with E-state index in [1.807, 2.05) is 31.2 Å². The highest BCUT2D eigenvalue weighted by Crippen LogP contribution is 2.24. The van der Waals surface area contributed by atoms with Gasteiger partial charge in [-0.2, -0.15) is 0 Å². The number of hydrogen-bond acceptors (Lipinski definition) is 3. The Morgan fingerprint density at radius 3 is 2.30 bits per heavy atom. The number of piperazine rings is 1. The monoisotopic (exact) mass is 324 g/mol. The van der Waals surface area contributed by atoms with Gasteiger partial charge in [0.1, 0.15) is 12.4 Å². The SMILES string of the molecule is CCOc1ccc([C@@H](CF)N2CCNCC2)cc1.Cl.Cl. The van der Waals surface area contributed by atoms with Crippen LogP contribution in [0.1, 0.15) is 18.5 Å². The fourth-order valence-corrected chi connectivity index (χ4v) is 2.34. The molecule has 1 fully saturated rings. The summed E-state index contributed by atoms with van der Waals surface area (Å²) in [5.74, 6) is 0.846. The normalized spacial score (nSPS) is 16.7. The molecule has 0 bridgehead atoms. The lowest BCUT2D eigenvalue weighted by molar-refractivity contribution is 0.147. The molecule has 6 heteroatoms. The molecule has 0 radical (unpaired) electrons. The van der Waals surface area contributed by atoms with E-state index in [2.05, 4.69) is 10.2 Å². The van der Waals surface area contributed by atoms with Crippen molar-refractivity contribution in [2.75, 3.05) is 39.5 Å². The van der Waals surface area contributed by atoms with Crippen LogP contribution in [0.3, 0.4) is 0 Å². The predicted molar refractivity (Wildman–Crippen MR) is 85.3 cm³/mol. The number of nitrogens with zero attached hydrogens (tertiary/aromatic N) is 1. The van der Waals surface area contributed by atoms with Gasteiger partial charge in [0.2, 0.25) is 0 Å². The molecular formula is C14H23Cl2FN2O. The number of alkyl halides is 1. The zero-order valence-electron chi connectivity index (χ0n) is 11.7. The number of rotatable bonds is 5. The number of ether oxygens (including phenoxy) is 1. The van der Waals surface area contributed by atoms with Crippen LogP contribution in [0.15, 0.2) is 24.3 Å². The quantitative estimate of drug-likeness (QED) is 0.901. The minimum atomic E-state index is -0.339. The summed E-state index contributed by atoms with van der Waals surface area (Å²) in [6, 6.07) is 7.66. The summed E-state index contributed by atoms with van der Waals surface area (Å²) in [7, 11) is 0. The van der Waals surface area contributed by atoms with E-state index < -0.39 is 0 Å². The number of halogens is 3. The lowest BCUT2D eigenvalue weighted by Crippen LogP contribution is -2.45. The van der Waals surface area contributed by atoms with Gasteiger partial charge in [0.05, 0.1) is 12.6 Å². The molecule has 1 aromatic carbocycles. The van der Waals surface area contributed by atoms with E-state index in [1.54, 1.807) is 0 Å². The van der Waals surface area contributed by atoms with Crippen LogP contribution in [0.2, 0.25) is 0 Å². The Bertz CT molecular complexity index is 359. The van der Waals surface area contributed by atoms with Crippen LogP contribution in [-0.2, 0) is 0 Å². The van der Waals surface area contributed by atoms with Crippen molar-refractivity contribution < 1.29 is 9.13 Å². The highest BCUT2D eigenvalue weighted by Gasteiger charge is 2.21. The highest BCUT2D eigenvalue weighted by atomic mass is 35.5. The van der Waals surface area contributed by atoms with Crippen LogP contribution in [-0.4, -0.2) is 44.4 Å². The largest absolute Gasteiger partial charge is 0.494 e. The number of hydrogen-bond donors (Lipinski definition) is 1. The number of benzene rings is 1. The first-order valence-electron chi connectivity index (χ1n) is 6.58. The van der Waals surface area contributed by atoms with Crippen molar-refractivity contribution >= 4 is 24.8 Å².